The Morgan fingerprint density at radius 3 is 2.22 bits per heavy atom. The lowest BCUT2D eigenvalue weighted by Crippen LogP contribution is -2.46. The number of benzene rings is 2. The first-order valence-corrected chi connectivity index (χ1v) is 11.9. The lowest BCUT2D eigenvalue weighted by atomic mass is 10.0. The van der Waals surface area contributed by atoms with Crippen molar-refractivity contribution >= 4 is 5.96 Å². The molecule has 0 aliphatic carbocycles. The molecule has 1 aliphatic heterocycles. The molecule has 6 nitrogen and oxygen atoms in total. The molecule has 2 aromatic rings. The maximum absolute atomic E-state index is 9.72. The van der Waals surface area contributed by atoms with Crippen LogP contribution in [0.15, 0.2) is 65.7 Å². The number of nitrogens with zero attached hydrogens (tertiary/aromatic N) is 3. The summed E-state index contributed by atoms with van der Waals surface area (Å²) in [5.74, 6) is 0.865. The fraction of sp³-hybridized carbons (Fsp3) is 0.500. The van der Waals surface area contributed by atoms with E-state index in [1.165, 1.54) is 12.0 Å². The summed E-state index contributed by atoms with van der Waals surface area (Å²) >= 11 is 0. The summed E-state index contributed by atoms with van der Waals surface area (Å²) in [5.41, 5.74) is 2.55. The van der Waals surface area contributed by atoms with E-state index in [0.717, 1.165) is 63.8 Å². The molecular weight excluding hydrogens is 398 g/mol. The summed E-state index contributed by atoms with van der Waals surface area (Å²) in [6, 6.07) is 20.9. The molecule has 0 aromatic heterocycles. The van der Waals surface area contributed by atoms with Crippen molar-refractivity contribution in [3.63, 3.8) is 0 Å². The molecule has 1 saturated heterocycles. The summed E-state index contributed by atoms with van der Waals surface area (Å²) in [7, 11) is 1.79. The van der Waals surface area contributed by atoms with E-state index >= 15 is 0 Å². The minimum absolute atomic E-state index is 0.0651. The van der Waals surface area contributed by atoms with Gasteiger partial charge in [0, 0.05) is 58.8 Å². The van der Waals surface area contributed by atoms with Gasteiger partial charge in [-0.15, -0.1) is 0 Å². The molecule has 1 heterocycles. The average Bonchev–Trinajstić information content (AvgIpc) is 2.85. The molecule has 0 spiro atoms. The first kappa shape index (κ1) is 24.2. The minimum Gasteiger partial charge on any atom is -0.396 e. The number of aliphatic imine (C=N–C) groups is 1. The smallest absolute Gasteiger partial charge is 0.190 e. The quantitative estimate of drug-likeness (QED) is 0.286. The van der Waals surface area contributed by atoms with Gasteiger partial charge in [0.15, 0.2) is 5.96 Å². The molecule has 0 amide bonds. The van der Waals surface area contributed by atoms with Crippen molar-refractivity contribution in [1.82, 2.24) is 20.4 Å². The van der Waals surface area contributed by atoms with Gasteiger partial charge >= 0.3 is 0 Å². The normalized spacial score (nSPS) is 16.6. The Morgan fingerprint density at radius 2 is 1.56 bits per heavy atom. The monoisotopic (exact) mass is 437 g/mol. The Labute approximate surface area is 193 Å². The molecule has 174 valence electrons. The predicted octanol–water partition coefficient (Wildman–Crippen LogP) is 2.53. The van der Waals surface area contributed by atoms with Crippen molar-refractivity contribution in [2.24, 2.45) is 4.99 Å². The highest BCUT2D eigenvalue weighted by Crippen LogP contribution is 2.13. The maximum atomic E-state index is 9.72. The third-order valence-corrected chi connectivity index (χ3v) is 6.14. The number of unbranched alkanes of at least 4 members (excludes halogenated alkanes) is 1. The Bertz CT molecular complexity index is 775. The highest BCUT2D eigenvalue weighted by atomic mass is 16.3. The van der Waals surface area contributed by atoms with Crippen LogP contribution in [0.1, 0.15) is 29.9 Å². The number of hydrogen-bond donors (Lipinski definition) is 3. The van der Waals surface area contributed by atoms with E-state index in [2.05, 4.69) is 67.9 Å². The molecule has 1 fully saturated rings. The van der Waals surface area contributed by atoms with Crippen LogP contribution < -0.4 is 10.6 Å². The zero-order valence-electron chi connectivity index (χ0n) is 19.4. The number of guanidine groups is 1. The molecule has 3 N–H and O–H groups in total. The van der Waals surface area contributed by atoms with Gasteiger partial charge in [-0.1, -0.05) is 60.7 Å². The van der Waals surface area contributed by atoms with E-state index in [9.17, 15) is 5.11 Å². The van der Waals surface area contributed by atoms with Crippen LogP contribution in [-0.2, 0) is 6.54 Å². The van der Waals surface area contributed by atoms with E-state index < -0.39 is 0 Å². The number of aliphatic hydroxyl groups excluding tert-OH is 1. The fourth-order valence-electron chi connectivity index (χ4n) is 4.13. The van der Waals surface area contributed by atoms with Crippen molar-refractivity contribution in [3.05, 3.63) is 71.8 Å². The molecule has 1 atom stereocenters. The predicted molar refractivity (Wildman–Crippen MR) is 133 cm³/mol. The van der Waals surface area contributed by atoms with Crippen LogP contribution in [0.5, 0.6) is 0 Å². The molecule has 0 radical (unpaired) electrons. The van der Waals surface area contributed by atoms with Gasteiger partial charge in [0.25, 0.3) is 0 Å². The van der Waals surface area contributed by atoms with E-state index in [1.54, 1.807) is 7.05 Å². The lowest BCUT2D eigenvalue weighted by Gasteiger charge is -2.34. The first-order chi connectivity index (χ1) is 15.8. The number of rotatable bonds is 11. The molecule has 6 heteroatoms. The van der Waals surface area contributed by atoms with Crippen molar-refractivity contribution in [2.75, 3.05) is 59.5 Å². The summed E-state index contributed by atoms with van der Waals surface area (Å²) < 4.78 is 0. The van der Waals surface area contributed by atoms with Gasteiger partial charge in [0.05, 0.1) is 6.61 Å². The number of nitrogens with one attached hydrogen (secondary N) is 2. The lowest BCUT2D eigenvalue weighted by molar-refractivity contribution is 0.126. The molecule has 32 heavy (non-hydrogen) atoms. The summed E-state index contributed by atoms with van der Waals surface area (Å²) in [6.07, 6.45) is 2.30. The maximum Gasteiger partial charge on any atom is 0.190 e. The fourth-order valence-corrected chi connectivity index (χ4v) is 4.13. The highest BCUT2D eigenvalue weighted by Gasteiger charge is 2.16. The summed E-state index contributed by atoms with van der Waals surface area (Å²) in [6.45, 7) is 8.52. The Balaban J connectivity index is 1.25. The largest absolute Gasteiger partial charge is 0.396 e. The number of hydrogen-bond acceptors (Lipinski definition) is 4. The highest BCUT2D eigenvalue weighted by molar-refractivity contribution is 5.79. The van der Waals surface area contributed by atoms with Crippen molar-refractivity contribution in [1.29, 1.82) is 0 Å². The Hall–Kier alpha value is -2.41. The third-order valence-electron chi connectivity index (χ3n) is 6.14. The van der Waals surface area contributed by atoms with Crippen molar-refractivity contribution in [3.8, 4) is 0 Å². The van der Waals surface area contributed by atoms with Gasteiger partial charge in [0.1, 0.15) is 0 Å². The van der Waals surface area contributed by atoms with E-state index in [-0.39, 0.29) is 12.5 Å². The molecule has 0 bridgehead atoms. The van der Waals surface area contributed by atoms with Crippen molar-refractivity contribution in [2.45, 2.75) is 25.3 Å². The van der Waals surface area contributed by atoms with Gasteiger partial charge in [-0.05, 0) is 30.5 Å². The third kappa shape index (κ3) is 8.26. The second-order valence-electron chi connectivity index (χ2n) is 8.48. The van der Waals surface area contributed by atoms with E-state index in [0.29, 0.717) is 6.54 Å². The number of aliphatic hydroxyl groups is 1. The first-order valence-electron chi connectivity index (χ1n) is 11.9. The van der Waals surface area contributed by atoms with Crippen LogP contribution in [-0.4, -0.2) is 80.3 Å². The number of piperazine rings is 1. The molecule has 0 saturated carbocycles. The van der Waals surface area contributed by atoms with Crippen LogP contribution in [0.25, 0.3) is 0 Å². The molecular formula is C26H39N5O. The van der Waals surface area contributed by atoms with Crippen molar-refractivity contribution < 1.29 is 5.11 Å². The summed E-state index contributed by atoms with van der Waals surface area (Å²) in [4.78, 5) is 9.45. The Kier molecular flexibility index (Phi) is 10.5. The van der Waals surface area contributed by atoms with Gasteiger partial charge in [-0.3, -0.25) is 9.89 Å². The Morgan fingerprint density at radius 1 is 0.906 bits per heavy atom. The van der Waals surface area contributed by atoms with E-state index in [1.807, 2.05) is 18.2 Å². The zero-order valence-corrected chi connectivity index (χ0v) is 19.4. The van der Waals surface area contributed by atoms with Crippen LogP contribution >= 0.6 is 0 Å². The minimum atomic E-state index is 0.0651. The van der Waals surface area contributed by atoms with Crippen LogP contribution in [0, 0.1) is 0 Å². The second-order valence-corrected chi connectivity index (χ2v) is 8.48. The van der Waals surface area contributed by atoms with Gasteiger partial charge in [-0.25, -0.2) is 0 Å². The second kappa shape index (κ2) is 13.9. The molecule has 1 aliphatic rings. The van der Waals surface area contributed by atoms with Gasteiger partial charge in [-0.2, -0.15) is 0 Å². The van der Waals surface area contributed by atoms with E-state index in [4.69, 9.17) is 0 Å². The molecule has 2 aromatic carbocycles. The van der Waals surface area contributed by atoms with Gasteiger partial charge < -0.3 is 20.6 Å². The van der Waals surface area contributed by atoms with Crippen LogP contribution in [0.4, 0.5) is 0 Å². The SMILES string of the molecule is CN=C(NCCCCN1CCN(Cc2ccccc2)CC1)NCC(CO)c1ccccc1. The summed E-state index contributed by atoms with van der Waals surface area (Å²) in [5, 5.41) is 16.5. The topological polar surface area (TPSA) is 63.1 Å². The van der Waals surface area contributed by atoms with Crippen LogP contribution in [0.2, 0.25) is 0 Å². The molecule has 1 unspecified atom stereocenters. The van der Waals surface area contributed by atoms with Crippen LogP contribution in [0.3, 0.4) is 0 Å². The van der Waals surface area contributed by atoms with Gasteiger partial charge in [0.2, 0.25) is 0 Å². The average molecular weight is 438 g/mol. The molecule has 3 rings (SSSR count). The standard InChI is InChI=1S/C26H39N5O/c1-27-26(29-20-25(22-32)24-12-6-3-7-13-24)28-14-8-9-15-30-16-18-31(19-17-30)21-23-10-4-2-5-11-23/h2-7,10-13,25,32H,8-9,14-22H2,1H3,(H2,27,28,29). The zero-order chi connectivity index (χ0) is 22.4.